The van der Waals surface area contributed by atoms with E-state index in [-0.39, 0.29) is 16.0 Å². The highest BCUT2D eigenvalue weighted by Gasteiger charge is 2.30. The van der Waals surface area contributed by atoms with E-state index in [1.54, 1.807) is 23.5 Å². The van der Waals surface area contributed by atoms with E-state index >= 15 is 0 Å². The number of carbonyl (C=O) groups excluding carboxylic acids is 2. The van der Waals surface area contributed by atoms with Crippen molar-refractivity contribution in [3.63, 3.8) is 0 Å². The van der Waals surface area contributed by atoms with Crippen LogP contribution in [0.4, 0.5) is 0 Å². The zero-order valence-corrected chi connectivity index (χ0v) is 23.0. The summed E-state index contributed by atoms with van der Waals surface area (Å²) in [5, 5.41) is 0. The minimum absolute atomic E-state index is 0.0974. The molecule has 0 saturated carbocycles. The topological polar surface area (TPSA) is 52.6 Å². The van der Waals surface area contributed by atoms with Gasteiger partial charge in [0.15, 0.2) is 0 Å². The molecule has 0 fully saturated rings. The largest absolute Gasteiger partial charge is 0.457 e. The van der Waals surface area contributed by atoms with Crippen LogP contribution in [0.15, 0.2) is 44.9 Å². The summed E-state index contributed by atoms with van der Waals surface area (Å²) in [6, 6.07) is 0. The van der Waals surface area contributed by atoms with E-state index < -0.39 is 0 Å². The van der Waals surface area contributed by atoms with Gasteiger partial charge in [-0.05, 0) is 37.5 Å². The zero-order chi connectivity index (χ0) is 23.0. The number of hydrogen-bond donors (Lipinski definition) is 0. The first-order chi connectivity index (χ1) is 14.6. The van der Waals surface area contributed by atoms with E-state index in [1.165, 1.54) is 22.0 Å². The summed E-state index contributed by atoms with van der Waals surface area (Å²) in [6.45, 7) is 16.3. The quantitative estimate of drug-likeness (QED) is 0.153. The van der Waals surface area contributed by atoms with Crippen LogP contribution in [-0.2, 0) is 19.1 Å². The van der Waals surface area contributed by atoms with Crippen LogP contribution in [0.5, 0.6) is 0 Å². The maximum Gasteiger partial charge on any atom is 0.330 e. The predicted molar refractivity (Wildman–Crippen MR) is 145 cm³/mol. The van der Waals surface area contributed by atoms with Crippen molar-refractivity contribution in [1.82, 2.24) is 0 Å². The minimum atomic E-state index is -0.379. The Balaban J connectivity index is 1.70. The van der Waals surface area contributed by atoms with Gasteiger partial charge in [-0.25, -0.2) is 9.59 Å². The van der Waals surface area contributed by atoms with Crippen molar-refractivity contribution in [2.45, 2.75) is 40.9 Å². The highest BCUT2D eigenvalue weighted by atomic mass is 32.2. The highest BCUT2D eigenvalue weighted by molar-refractivity contribution is 8.26. The summed E-state index contributed by atoms with van der Waals surface area (Å²) in [4.78, 5) is 27.4. The van der Waals surface area contributed by atoms with Crippen LogP contribution in [0.1, 0.15) is 27.7 Å². The molecule has 0 radical (unpaired) electrons. The zero-order valence-electron chi connectivity index (χ0n) is 18.1. The summed E-state index contributed by atoms with van der Waals surface area (Å²) < 4.78 is 11.3. The summed E-state index contributed by atoms with van der Waals surface area (Å²) >= 11 is 11.3. The molecule has 31 heavy (non-hydrogen) atoms. The van der Waals surface area contributed by atoms with Crippen molar-refractivity contribution in [2.75, 3.05) is 24.7 Å². The van der Waals surface area contributed by atoms with E-state index in [1.807, 2.05) is 47.0 Å². The molecule has 0 aromatic heterocycles. The lowest BCUT2D eigenvalue weighted by molar-refractivity contribution is -0.137. The first-order valence-electron chi connectivity index (χ1n) is 9.56. The Labute approximate surface area is 211 Å². The van der Waals surface area contributed by atoms with Crippen LogP contribution < -0.4 is 0 Å². The van der Waals surface area contributed by atoms with Gasteiger partial charge in [-0.3, -0.25) is 0 Å². The molecule has 0 aliphatic carbocycles. The number of esters is 2. The number of ether oxygens (including phenoxy) is 2. The maximum absolute atomic E-state index is 11.3. The fourth-order valence-corrected chi connectivity index (χ4v) is 11.1. The number of allylic oxidation sites excluding steroid dienone is 2. The van der Waals surface area contributed by atoms with Crippen LogP contribution in [0.2, 0.25) is 0 Å². The average Bonchev–Trinajstić information content (AvgIpc) is 3.28. The monoisotopic (exact) mass is 536 g/mol. The van der Waals surface area contributed by atoms with Crippen molar-refractivity contribution in [3.8, 4) is 0 Å². The lowest BCUT2D eigenvalue weighted by Crippen LogP contribution is -2.15. The van der Waals surface area contributed by atoms with Gasteiger partial charge in [0, 0.05) is 33.5 Å². The third-order valence-electron chi connectivity index (χ3n) is 4.11. The Morgan fingerprint density at radius 1 is 0.871 bits per heavy atom. The second-order valence-corrected chi connectivity index (χ2v) is 16.5. The van der Waals surface area contributed by atoms with E-state index in [9.17, 15) is 9.59 Å². The fourth-order valence-electron chi connectivity index (χ4n) is 2.43. The highest BCUT2D eigenvalue weighted by Crippen LogP contribution is 2.51. The van der Waals surface area contributed by atoms with Crippen molar-refractivity contribution in [1.29, 1.82) is 0 Å². The summed E-state index contributed by atoms with van der Waals surface area (Å²) in [5.74, 6) is 1.29. The molecule has 4 nitrogen and oxygen atoms in total. The number of rotatable bonds is 12. The van der Waals surface area contributed by atoms with Crippen molar-refractivity contribution in [2.24, 2.45) is 0 Å². The number of thioether (sulfide) groups is 6. The second kappa shape index (κ2) is 13.0. The van der Waals surface area contributed by atoms with Crippen LogP contribution in [-0.4, -0.2) is 49.9 Å². The van der Waals surface area contributed by atoms with Crippen molar-refractivity contribution < 1.29 is 19.1 Å². The van der Waals surface area contributed by atoms with Gasteiger partial charge in [0.25, 0.3) is 0 Å². The molecule has 0 aromatic carbocycles. The Hall–Kier alpha value is -0.000000000000000222. The summed E-state index contributed by atoms with van der Waals surface area (Å²) in [5.41, 5.74) is 0. The molecule has 0 aromatic rings. The molecule has 0 N–H and O–H groups in total. The lowest BCUT2D eigenvalue weighted by atomic mass is 10.5. The Morgan fingerprint density at radius 3 is 1.61 bits per heavy atom. The molecule has 0 bridgehead atoms. The molecule has 2 atom stereocenters. The lowest BCUT2D eigenvalue weighted by Gasteiger charge is -2.26. The Morgan fingerprint density at radius 2 is 1.26 bits per heavy atom. The van der Waals surface area contributed by atoms with E-state index in [2.05, 4.69) is 40.9 Å². The van der Waals surface area contributed by atoms with Crippen molar-refractivity contribution >= 4 is 82.5 Å². The van der Waals surface area contributed by atoms with Gasteiger partial charge in [0.1, 0.15) is 13.2 Å². The van der Waals surface area contributed by atoms with E-state index in [4.69, 9.17) is 9.47 Å². The van der Waals surface area contributed by atoms with Crippen LogP contribution >= 0.6 is 70.6 Å². The molecule has 2 aliphatic heterocycles. The molecular formula is C21H28O4S6. The minimum Gasteiger partial charge on any atom is -0.457 e. The molecule has 0 spiro atoms. The molecule has 172 valence electrons. The molecule has 2 unspecified atom stereocenters. The molecule has 2 rings (SSSR count). The van der Waals surface area contributed by atoms with Gasteiger partial charge >= 0.3 is 11.9 Å². The smallest absolute Gasteiger partial charge is 0.330 e. The van der Waals surface area contributed by atoms with Gasteiger partial charge in [0.2, 0.25) is 0 Å². The first-order valence-corrected chi connectivity index (χ1v) is 15.0. The standard InChI is InChI=1S/C21H28O4S6/c1-7-17(22)24-9-15-13(3)28-19(30-15)11-26-21(5,6)27-12-20-29-14(4)16(31-20)10-25-18(23)8-2/h7-8,19-20H,1-2,9-12H2,3-6H3. The van der Waals surface area contributed by atoms with Gasteiger partial charge in [0.05, 0.1) is 13.2 Å². The van der Waals surface area contributed by atoms with Gasteiger partial charge in [-0.1, -0.05) is 13.2 Å². The SMILES string of the molecule is C=CC(=O)OCC1=C(C)SC(CSC(C)(C)SCC2SC(C)=C(COC(=O)C=C)S2)S1. The average molecular weight is 537 g/mol. The van der Waals surface area contributed by atoms with Crippen LogP contribution in [0.3, 0.4) is 0 Å². The van der Waals surface area contributed by atoms with Crippen LogP contribution in [0, 0.1) is 0 Å². The molecule has 2 aliphatic rings. The second-order valence-electron chi connectivity index (χ2n) is 6.93. The fraction of sp³-hybridized carbons (Fsp3) is 0.524. The normalized spacial score (nSPS) is 21.4. The third kappa shape index (κ3) is 9.41. The molecule has 0 amide bonds. The van der Waals surface area contributed by atoms with Gasteiger partial charge < -0.3 is 9.47 Å². The first kappa shape index (κ1) is 27.2. The predicted octanol–water partition coefficient (Wildman–Crippen LogP) is 6.72. The number of hydrogen-bond acceptors (Lipinski definition) is 10. The third-order valence-corrected chi connectivity index (χ3v) is 13.8. The summed E-state index contributed by atoms with van der Waals surface area (Å²) in [7, 11) is 0. The Kier molecular flexibility index (Phi) is 11.5. The van der Waals surface area contributed by atoms with Crippen molar-refractivity contribution in [3.05, 3.63) is 44.9 Å². The van der Waals surface area contributed by atoms with Crippen LogP contribution in [0.25, 0.3) is 0 Å². The van der Waals surface area contributed by atoms with Gasteiger partial charge in [-0.2, -0.15) is 0 Å². The molecule has 2 heterocycles. The summed E-state index contributed by atoms with van der Waals surface area (Å²) in [6.07, 6.45) is 2.40. The Bertz CT molecular complexity index is 712. The van der Waals surface area contributed by atoms with Gasteiger partial charge in [-0.15, -0.1) is 70.6 Å². The molecular weight excluding hydrogens is 509 g/mol. The maximum atomic E-state index is 11.3. The number of carbonyl (C=O) groups is 2. The molecule has 10 heteroatoms. The van der Waals surface area contributed by atoms with E-state index in [0.717, 1.165) is 21.3 Å². The van der Waals surface area contributed by atoms with E-state index in [0.29, 0.717) is 22.4 Å². The molecule has 0 saturated heterocycles.